The predicted octanol–water partition coefficient (Wildman–Crippen LogP) is 3.24. The number of hydrogen-bond donors (Lipinski definition) is 2. The van der Waals surface area contributed by atoms with Gasteiger partial charge in [-0.15, -0.1) is 0 Å². The van der Waals surface area contributed by atoms with E-state index in [0.717, 1.165) is 30.9 Å². The summed E-state index contributed by atoms with van der Waals surface area (Å²) in [6.45, 7) is 11.9. The molecule has 0 aliphatic rings. The van der Waals surface area contributed by atoms with Crippen LogP contribution in [0.15, 0.2) is 12.1 Å². The monoisotopic (exact) mass is 277 g/mol. The lowest BCUT2D eigenvalue weighted by Crippen LogP contribution is -2.32. The smallest absolute Gasteiger partial charge is 0.251 e. The number of amides is 1. The molecule has 0 bridgehead atoms. The fourth-order valence-corrected chi connectivity index (χ4v) is 1.82. The van der Waals surface area contributed by atoms with E-state index in [2.05, 4.69) is 43.3 Å². The van der Waals surface area contributed by atoms with Crippen LogP contribution in [0.2, 0.25) is 0 Å². The number of carbonyl (C=O) groups excluding carboxylic acids is 1. The molecule has 0 atom stereocenters. The van der Waals surface area contributed by atoms with E-state index in [-0.39, 0.29) is 11.3 Å². The molecular weight excluding hydrogens is 250 g/mol. The first kappa shape index (κ1) is 16.5. The third-order valence-electron chi connectivity index (χ3n) is 2.78. The van der Waals surface area contributed by atoms with E-state index in [1.807, 2.05) is 19.1 Å². The van der Waals surface area contributed by atoms with Gasteiger partial charge in [-0.05, 0) is 30.9 Å². The molecule has 0 unspecified atom stereocenters. The minimum Gasteiger partial charge on any atom is -0.370 e. The van der Waals surface area contributed by atoms with E-state index >= 15 is 0 Å². The Morgan fingerprint density at radius 3 is 2.50 bits per heavy atom. The fourth-order valence-electron chi connectivity index (χ4n) is 1.82. The van der Waals surface area contributed by atoms with Gasteiger partial charge in [-0.25, -0.2) is 4.98 Å². The van der Waals surface area contributed by atoms with Crippen molar-refractivity contribution in [2.45, 2.75) is 47.5 Å². The van der Waals surface area contributed by atoms with Crippen LogP contribution in [0.3, 0.4) is 0 Å². The molecule has 4 nitrogen and oxygen atoms in total. The predicted molar refractivity (Wildman–Crippen MR) is 84.2 cm³/mol. The Bertz CT molecular complexity index is 425. The number of carbonyl (C=O) groups is 1. The van der Waals surface area contributed by atoms with Gasteiger partial charge in [0, 0.05) is 24.3 Å². The van der Waals surface area contributed by atoms with Crippen molar-refractivity contribution in [3.8, 4) is 0 Å². The minimum atomic E-state index is -0.0289. The zero-order chi connectivity index (χ0) is 15.2. The highest BCUT2D eigenvalue weighted by Gasteiger charge is 2.14. The summed E-state index contributed by atoms with van der Waals surface area (Å²) < 4.78 is 0. The van der Waals surface area contributed by atoms with Crippen molar-refractivity contribution in [1.82, 2.24) is 10.3 Å². The summed E-state index contributed by atoms with van der Waals surface area (Å²) >= 11 is 0. The van der Waals surface area contributed by atoms with Gasteiger partial charge in [0.1, 0.15) is 5.82 Å². The summed E-state index contributed by atoms with van der Waals surface area (Å²) in [5.41, 5.74) is 1.73. The number of nitrogens with one attached hydrogen (secondary N) is 2. The normalized spacial score (nSPS) is 11.2. The van der Waals surface area contributed by atoms with Gasteiger partial charge >= 0.3 is 0 Å². The molecule has 1 amide bonds. The maximum absolute atomic E-state index is 12.2. The van der Waals surface area contributed by atoms with Gasteiger partial charge in [-0.1, -0.05) is 34.1 Å². The number of nitrogens with zero attached hydrogens (tertiary/aromatic N) is 1. The molecule has 1 rings (SSSR count). The highest BCUT2D eigenvalue weighted by molar-refractivity contribution is 5.95. The summed E-state index contributed by atoms with van der Waals surface area (Å²) in [4.78, 5) is 16.8. The summed E-state index contributed by atoms with van der Waals surface area (Å²) in [6.07, 6.45) is 1.91. The van der Waals surface area contributed by atoms with E-state index in [0.29, 0.717) is 12.1 Å². The molecule has 0 aliphatic carbocycles. The maximum Gasteiger partial charge on any atom is 0.251 e. The van der Waals surface area contributed by atoms with Gasteiger partial charge in [0.05, 0.1) is 0 Å². The zero-order valence-corrected chi connectivity index (χ0v) is 13.3. The van der Waals surface area contributed by atoms with Gasteiger partial charge in [-0.2, -0.15) is 0 Å². The van der Waals surface area contributed by atoms with E-state index in [4.69, 9.17) is 0 Å². The molecule has 0 saturated carbocycles. The third kappa shape index (κ3) is 5.59. The van der Waals surface area contributed by atoms with Crippen molar-refractivity contribution in [3.63, 3.8) is 0 Å². The van der Waals surface area contributed by atoms with Gasteiger partial charge in [-0.3, -0.25) is 4.79 Å². The standard InChI is InChI=1S/C16H27N3O/c1-6-8-13-9-12(10-14(19-13)17-7-2)15(20)18-11-16(3,4)5/h9-10H,6-8,11H2,1-5H3,(H,17,19)(H,18,20). The van der Waals surface area contributed by atoms with Crippen molar-refractivity contribution in [2.24, 2.45) is 5.41 Å². The van der Waals surface area contributed by atoms with E-state index in [9.17, 15) is 4.79 Å². The fraction of sp³-hybridized carbons (Fsp3) is 0.625. The molecule has 1 heterocycles. The molecule has 0 spiro atoms. The maximum atomic E-state index is 12.2. The summed E-state index contributed by atoms with van der Waals surface area (Å²) in [5, 5.41) is 6.17. The van der Waals surface area contributed by atoms with Gasteiger partial charge < -0.3 is 10.6 Å². The van der Waals surface area contributed by atoms with E-state index < -0.39 is 0 Å². The minimum absolute atomic E-state index is 0.0289. The van der Waals surface area contributed by atoms with Crippen LogP contribution in [0, 0.1) is 5.41 Å². The number of rotatable bonds is 6. The first-order valence-electron chi connectivity index (χ1n) is 7.38. The second-order valence-electron chi connectivity index (χ2n) is 6.26. The Balaban J connectivity index is 2.88. The Morgan fingerprint density at radius 1 is 1.25 bits per heavy atom. The lowest BCUT2D eigenvalue weighted by Gasteiger charge is -2.19. The molecule has 0 radical (unpaired) electrons. The van der Waals surface area contributed by atoms with Crippen molar-refractivity contribution < 1.29 is 4.79 Å². The van der Waals surface area contributed by atoms with Crippen molar-refractivity contribution >= 4 is 11.7 Å². The van der Waals surface area contributed by atoms with Crippen LogP contribution < -0.4 is 10.6 Å². The van der Waals surface area contributed by atoms with Crippen LogP contribution in [0.5, 0.6) is 0 Å². The average molecular weight is 277 g/mol. The largest absolute Gasteiger partial charge is 0.370 e. The number of pyridine rings is 1. The highest BCUT2D eigenvalue weighted by atomic mass is 16.1. The van der Waals surface area contributed by atoms with Crippen LogP contribution in [0.4, 0.5) is 5.82 Å². The van der Waals surface area contributed by atoms with E-state index in [1.165, 1.54) is 0 Å². The van der Waals surface area contributed by atoms with Gasteiger partial charge in [0.2, 0.25) is 0 Å². The van der Waals surface area contributed by atoms with E-state index in [1.54, 1.807) is 0 Å². The first-order valence-corrected chi connectivity index (χ1v) is 7.38. The number of aromatic nitrogens is 1. The average Bonchev–Trinajstić information content (AvgIpc) is 2.35. The van der Waals surface area contributed by atoms with Crippen LogP contribution >= 0.6 is 0 Å². The second-order valence-corrected chi connectivity index (χ2v) is 6.26. The van der Waals surface area contributed by atoms with Crippen molar-refractivity contribution in [3.05, 3.63) is 23.4 Å². The molecular formula is C16H27N3O. The first-order chi connectivity index (χ1) is 9.35. The van der Waals surface area contributed by atoms with Crippen LogP contribution in [0.25, 0.3) is 0 Å². The number of hydrogen-bond acceptors (Lipinski definition) is 3. The molecule has 0 aromatic carbocycles. The Morgan fingerprint density at radius 2 is 1.95 bits per heavy atom. The molecule has 0 saturated heterocycles. The Hall–Kier alpha value is -1.58. The van der Waals surface area contributed by atoms with Crippen LogP contribution in [-0.2, 0) is 6.42 Å². The quantitative estimate of drug-likeness (QED) is 0.839. The molecule has 1 aromatic rings. The van der Waals surface area contributed by atoms with Crippen LogP contribution in [0.1, 0.15) is 57.1 Å². The summed E-state index contributed by atoms with van der Waals surface area (Å²) in [6, 6.07) is 3.71. The van der Waals surface area contributed by atoms with Gasteiger partial charge in [0.25, 0.3) is 5.91 Å². The molecule has 2 N–H and O–H groups in total. The Labute approximate surface area is 122 Å². The second kappa shape index (κ2) is 7.27. The lowest BCUT2D eigenvalue weighted by atomic mass is 9.97. The van der Waals surface area contributed by atoms with Crippen LogP contribution in [-0.4, -0.2) is 24.0 Å². The molecule has 1 aromatic heterocycles. The highest BCUT2D eigenvalue weighted by Crippen LogP contribution is 2.14. The number of aryl methyl sites for hydroxylation is 1. The molecule has 20 heavy (non-hydrogen) atoms. The molecule has 0 aliphatic heterocycles. The zero-order valence-electron chi connectivity index (χ0n) is 13.3. The molecule has 0 fully saturated rings. The third-order valence-corrected chi connectivity index (χ3v) is 2.78. The Kier molecular flexibility index (Phi) is 5.99. The summed E-state index contributed by atoms with van der Waals surface area (Å²) in [5.74, 6) is 0.748. The van der Waals surface area contributed by atoms with Crippen molar-refractivity contribution in [1.29, 1.82) is 0 Å². The SMILES string of the molecule is CCCc1cc(C(=O)NCC(C)(C)C)cc(NCC)n1. The molecule has 4 heteroatoms. The topological polar surface area (TPSA) is 54.0 Å². The summed E-state index contributed by atoms with van der Waals surface area (Å²) in [7, 11) is 0. The van der Waals surface area contributed by atoms with Gasteiger partial charge in [0.15, 0.2) is 0 Å². The van der Waals surface area contributed by atoms with Crippen molar-refractivity contribution in [2.75, 3.05) is 18.4 Å². The molecule has 112 valence electrons. The number of anilines is 1. The lowest BCUT2D eigenvalue weighted by molar-refractivity contribution is 0.0939.